The normalized spacial score (nSPS) is 12.4. The molecule has 0 radical (unpaired) electrons. The van der Waals surface area contributed by atoms with E-state index in [0.717, 1.165) is 22.9 Å². The second kappa shape index (κ2) is 7.22. The monoisotopic (exact) mass is 397 g/mol. The van der Waals surface area contributed by atoms with Gasteiger partial charge in [-0.15, -0.1) is 0 Å². The van der Waals surface area contributed by atoms with Gasteiger partial charge in [0.25, 0.3) is 9.84 Å². The first-order valence-electron chi connectivity index (χ1n) is 8.28. The number of hydrogen-bond donors (Lipinski definition) is 1. The zero-order valence-electron chi connectivity index (χ0n) is 14.5. The number of fused-ring (bicyclic) bond motifs is 1. The van der Waals surface area contributed by atoms with Crippen LogP contribution in [0.1, 0.15) is 12.2 Å². The van der Waals surface area contributed by atoms with Crippen molar-refractivity contribution in [1.29, 1.82) is 0 Å². The molecule has 1 aromatic heterocycles. The van der Waals surface area contributed by atoms with Crippen LogP contribution in [-0.4, -0.2) is 30.0 Å². The summed E-state index contributed by atoms with van der Waals surface area (Å²) in [7, 11) is -5.40. The van der Waals surface area contributed by atoms with E-state index in [1.807, 2.05) is 35.8 Å². The molecule has 1 N–H and O–H groups in total. The first-order chi connectivity index (χ1) is 12.7. The van der Waals surface area contributed by atoms with E-state index in [1.165, 1.54) is 18.2 Å². The van der Waals surface area contributed by atoms with Crippen LogP contribution < -0.4 is 5.32 Å². The van der Waals surface area contributed by atoms with Gasteiger partial charge in [0.05, 0.1) is 21.6 Å². The largest absolute Gasteiger partial charge is 0.501 e. The van der Waals surface area contributed by atoms with Gasteiger partial charge in [0.2, 0.25) is 0 Å². The standard InChI is InChI=1S/C18H18F3N3O2S/c1-13-23-14-7-2-4-9-16(14)24(13)12-6-11-22-15-8-3-5-10-17(15)27(25,26)18(19,20)21/h2-5,7-10,22H,6,11-12H2,1H3. The number of hydrogen-bond acceptors (Lipinski definition) is 4. The highest BCUT2D eigenvalue weighted by Gasteiger charge is 2.47. The predicted octanol–water partition coefficient (Wildman–Crippen LogP) is 4.14. The lowest BCUT2D eigenvalue weighted by Gasteiger charge is -2.14. The van der Waals surface area contributed by atoms with E-state index in [1.54, 1.807) is 0 Å². The van der Waals surface area contributed by atoms with E-state index in [4.69, 9.17) is 0 Å². The Morgan fingerprint density at radius 3 is 2.48 bits per heavy atom. The Bertz CT molecular complexity index is 1060. The van der Waals surface area contributed by atoms with E-state index in [9.17, 15) is 21.6 Å². The number of halogens is 3. The van der Waals surface area contributed by atoms with Crippen LogP contribution in [0.15, 0.2) is 53.4 Å². The summed E-state index contributed by atoms with van der Waals surface area (Å²) in [6.07, 6.45) is 0.585. The van der Waals surface area contributed by atoms with E-state index < -0.39 is 20.2 Å². The van der Waals surface area contributed by atoms with Gasteiger partial charge in [-0.2, -0.15) is 13.2 Å². The Morgan fingerprint density at radius 1 is 1.07 bits per heavy atom. The number of para-hydroxylation sites is 3. The van der Waals surface area contributed by atoms with Gasteiger partial charge in [0.1, 0.15) is 5.82 Å². The molecule has 5 nitrogen and oxygen atoms in total. The van der Waals surface area contributed by atoms with Crippen molar-refractivity contribution in [1.82, 2.24) is 9.55 Å². The van der Waals surface area contributed by atoms with Crippen molar-refractivity contribution >= 4 is 26.6 Å². The first-order valence-corrected chi connectivity index (χ1v) is 9.76. The molecule has 27 heavy (non-hydrogen) atoms. The fourth-order valence-electron chi connectivity index (χ4n) is 2.91. The lowest BCUT2D eigenvalue weighted by molar-refractivity contribution is -0.0435. The van der Waals surface area contributed by atoms with Crippen molar-refractivity contribution in [3.8, 4) is 0 Å². The van der Waals surface area contributed by atoms with Crippen LogP contribution in [0.25, 0.3) is 11.0 Å². The van der Waals surface area contributed by atoms with Gasteiger partial charge >= 0.3 is 5.51 Å². The fourth-order valence-corrected chi connectivity index (χ4v) is 3.85. The van der Waals surface area contributed by atoms with Crippen LogP contribution in [0.3, 0.4) is 0 Å². The summed E-state index contributed by atoms with van der Waals surface area (Å²) in [5.74, 6) is 0.844. The molecular formula is C18H18F3N3O2S. The molecule has 0 unspecified atom stereocenters. The minimum absolute atomic E-state index is 0.0537. The van der Waals surface area contributed by atoms with E-state index in [0.29, 0.717) is 19.5 Å². The number of aryl methyl sites for hydroxylation is 2. The number of nitrogens with one attached hydrogen (secondary N) is 1. The third-order valence-corrected chi connectivity index (χ3v) is 5.75. The number of sulfone groups is 1. The molecule has 0 spiro atoms. The second-order valence-electron chi connectivity index (χ2n) is 6.03. The number of nitrogens with zero attached hydrogens (tertiary/aromatic N) is 2. The van der Waals surface area contributed by atoms with Crippen molar-refractivity contribution in [2.24, 2.45) is 0 Å². The number of alkyl halides is 3. The summed E-state index contributed by atoms with van der Waals surface area (Å²) in [4.78, 5) is 3.70. The van der Waals surface area contributed by atoms with Crippen LogP contribution in [0.2, 0.25) is 0 Å². The molecule has 1 heterocycles. The molecule has 0 fully saturated rings. The fraction of sp³-hybridized carbons (Fsp3) is 0.278. The summed E-state index contributed by atoms with van der Waals surface area (Å²) in [5, 5.41) is 2.81. The Hall–Kier alpha value is -2.55. The average molecular weight is 397 g/mol. The van der Waals surface area contributed by atoms with Crippen LogP contribution in [-0.2, 0) is 16.4 Å². The molecule has 0 saturated carbocycles. The smallest absolute Gasteiger partial charge is 0.384 e. The molecule has 0 amide bonds. The second-order valence-corrected chi connectivity index (χ2v) is 7.93. The average Bonchev–Trinajstić information content (AvgIpc) is 2.93. The van der Waals surface area contributed by atoms with Gasteiger partial charge in [0.15, 0.2) is 0 Å². The SMILES string of the molecule is Cc1nc2ccccc2n1CCCNc1ccccc1S(=O)(=O)C(F)(F)F. The van der Waals surface area contributed by atoms with Crippen molar-refractivity contribution < 1.29 is 21.6 Å². The summed E-state index contributed by atoms with van der Waals surface area (Å²) < 4.78 is 64.0. The molecule has 0 aliphatic rings. The molecule has 3 aromatic rings. The lowest BCUT2D eigenvalue weighted by Crippen LogP contribution is -2.24. The summed E-state index contributed by atoms with van der Waals surface area (Å²) in [6.45, 7) is 2.81. The maximum atomic E-state index is 12.8. The Balaban J connectivity index is 1.71. The first kappa shape index (κ1) is 19.2. The van der Waals surface area contributed by atoms with Crippen molar-refractivity contribution in [2.45, 2.75) is 30.3 Å². The molecule has 9 heteroatoms. The minimum Gasteiger partial charge on any atom is -0.384 e. The zero-order chi connectivity index (χ0) is 19.7. The van der Waals surface area contributed by atoms with E-state index >= 15 is 0 Å². The van der Waals surface area contributed by atoms with Crippen LogP contribution in [0.5, 0.6) is 0 Å². The third kappa shape index (κ3) is 3.78. The maximum Gasteiger partial charge on any atom is 0.501 e. The van der Waals surface area contributed by atoms with Crippen molar-refractivity contribution in [3.63, 3.8) is 0 Å². The molecule has 0 atom stereocenters. The Kier molecular flexibility index (Phi) is 5.14. The summed E-state index contributed by atoms with van der Waals surface area (Å²) in [6, 6.07) is 12.7. The van der Waals surface area contributed by atoms with Crippen LogP contribution in [0, 0.1) is 6.92 Å². The molecule has 0 saturated heterocycles. The number of rotatable bonds is 6. The van der Waals surface area contributed by atoms with Gasteiger partial charge in [0, 0.05) is 13.1 Å². The van der Waals surface area contributed by atoms with Crippen LogP contribution in [0.4, 0.5) is 18.9 Å². The number of anilines is 1. The van der Waals surface area contributed by atoms with Gasteiger partial charge in [-0.05, 0) is 37.6 Å². The highest BCUT2D eigenvalue weighted by atomic mass is 32.2. The van der Waals surface area contributed by atoms with Gasteiger partial charge in [-0.25, -0.2) is 13.4 Å². The predicted molar refractivity (Wildman–Crippen MR) is 97.3 cm³/mol. The number of imidazole rings is 1. The molecule has 0 bridgehead atoms. The third-order valence-electron chi connectivity index (χ3n) is 4.20. The quantitative estimate of drug-likeness (QED) is 0.635. The zero-order valence-corrected chi connectivity index (χ0v) is 15.3. The molecule has 3 rings (SSSR count). The highest BCUT2D eigenvalue weighted by Crippen LogP contribution is 2.34. The van der Waals surface area contributed by atoms with Gasteiger partial charge in [-0.3, -0.25) is 0 Å². The van der Waals surface area contributed by atoms with E-state index in [2.05, 4.69) is 10.3 Å². The lowest BCUT2D eigenvalue weighted by atomic mass is 10.3. The summed E-state index contributed by atoms with van der Waals surface area (Å²) in [5.41, 5.74) is -3.53. The van der Waals surface area contributed by atoms with Gasteiger partial charge in [-0.1, -0.05) is 24.3 Å². The Labute approximate surface area is 154 Å². The van der Waals surface area contributed by atoms with Crippen molar-refractivity contribution in [2.75, 3.05) is 11.9 Å². The minimum atomic E-state index is -5.40. The number of aromatic nitrogens is 2. The number of benzene rings is 2. The van der Waals surface area contributed by atoms with Crippen LogP contribution >= 0.6 is 0 Å². The summed E-state index contributed by atoms with van der Waals surface area (Å²) >= 11 is 0. The van der Waals surface area contributed by atoms with Gasteiger partial charge < -0.3 is 9.88 Å². The molecular weight excluding hydrogens is 379 g/mol. The maximum absolute atomic E-state index is 12.8. The Morgan fingerprint density at radius 2 is 1.74 bits per heavy atom. The molecule has 2 aromatic carbocycles. The molecule has 0 aliphatic heterocycles. The molecule has 0 aliphatic carbocycles. The topological polar surface area (TPSA) is 64.0 Å². The molecule has 144 valence electrons. The highest BCUT2D eigenvalue weighted by molar-refractivity contribution is 7.92. The van der Waals surface area contributed by atoms with Crippen molar-refractivity contribution in [3.05, 3.63) is 54.4 Å². The van der Waals surface area contributed by atoms with E-state index in [-0.39, 0.29) is 5.69 Å².